The summed E-state index contributed by atoms with van der Waals surface area (Å²) in [7, 11) is 5.10. The number of hydrogen-bond donors (Lipinski definition) is 3. The Morgan fingerprint density at radius 1 is 1.14 bits per heavy atom. The molecule has 1 unspecified atom stereocenters. The van der Waals surface area contributed by atoms with E-state index in [1.165, 1.54) is 6.33 Å². The number of H-pyrrole nitrogens is 1. The molecule has 1 amide bonds. The predicted octanol–water partition coefficient (Wildman–Crippen LogP) is 3.75. The number of carbonyl (C=O) groups is 1. The van der Waals surface area contributed by atoms with Gasteiger partial charge in [0, 0.05) is 30.3 Å². The number of aromatic amines is 1. The van der Waals surface area contributed by atoms with Crippen molar-refractivity contribution in [3.05, 3.63) is 54.0 Å². The van der Waals surface area contributed by atoms with Crippen molar-refractivity contribution in [3.63, 3.8) is 0 Å². The Morgan fingerprint density at radius 2 is 1.86 bits per heavy atom. The topological polar surface area (TPSA) is 109 Å². The number of likely N-dealkylation sites (N-methyl/N-ethyl adjacent to an activating group) is 2. The maximum Gasteiger partial charge on any atom is 0.240 e. The molecule has 0 saturated carbocycles. The Morgan fingerprint density at radius 3 is 2.46 bits per heavy atom. The number of nitrogens with one attached hydrogen (secondary N) is 3. The summed E-state index contributed by atoms with van der Waals surface area (Å²) in [6, 6.07) is 10.3. The molecule has 2 atom stereocenters. The lowest BCUT2D eigenvalue weighted by Crippen LogP contribution is -2.55. The summed E-state index contributed by atoms with van der Waals surface area (Å²) in [6.07, 6.45) is 3.42. The normalized spacial score (nSPS) is 14.2. The molecule has 4 rings (SSSR count). The second-order valence-corrected chi connectivity index (χ2v) is 9.22. The van der Waals surface area contributed by atoms with Gasteiger partial charge in [0.1, 0.15) is 11.9 Å². The van der Waals surface area contributed by atoms with Gasteiger partial charge < -0.3 is 15.4 Å². The van der Waals surface area contributed by atoms with Gasteiger partial charge in [0.25, 0.3) is 0 Å². The van der Waals surface area contributed by atoms with E-state index in [4.69, 9.17) is 4.74 Å². The zero-order valence-electron chi connectivity index (χ0n) is 21.3. The average Bonchev–Trinajstić information content (AvgIpc) is 3.54. The van der Waals surface area contributed by atoms with Gasteiger partial charge in [-0.25, -0.2) is 9.50 Å². The number of ether oxygens (including phenoxy) is 1. The number of benzene rings is 1. The van der Waals surface area contributed by atoms with Gasteiger partial charge in [-0.3, -0.25) is 9.89 Å². The van der Waals surface area contributed by atoms with Crippen molar-refractivity contribution >= 4 is 11.6 Å². The molecule has 1 aromatic carbocycles. The molecule has 35 heavy (non-hydrogen) atoms. The van der Waals surface area contributed by atoms with Crippen LogP contribution in [0.1, 0.15) is 50.7 Å². The Labute approximate surface area is 205 Å². The van der Waals surface area contributed by atoms with E-state index in [9.17, 15) is 4.79 Å². The van der Waals surface area contributed by atoms with Crippen LogP contribution in [0.2, 0.25) is 0 Å². The van der Waals surface area contributed by atoms with E-state index in [0.29, 0.717) is 11.4 Å². The monoisotopic (exact) mass is 475 g/mol. The highest BCUT2D eigenvalue weighted by atomic mass is 16.5. The molecule has 0 bridgehead atoms. The number of carbonyl (C=O) groups excluding carboxylic acids is 1. The summed E-state index contributed by atoms with van der Waals surface area (Å²) in [4.78, 5) is 16.8. The second kappa shape index (κ2) is 9.50. The van der Waals surface area contributed by atoms with E-state index in [0.717, 1.165) is 33.6 Å². The minimum Gasteiger partial charge on any atom is -0.493 e. The molecule has 0 radical (unpaired) electrons. The highest BCUT2D eigenvalue weighted by molar-refractivity contribution is 5.87. The van der Waals surface area contributed by atoms with Gasteiger partial charge in [0.05, 0.1) is 18.5 Å². The fraction of sp³-hybridized carbons (Fsp3) is 0.385. The maximum absolute atomic E-state index is 12.5. The lowest BCUT2D eigenvalue weighted by molar-refractivity contribution is -0.127. The summed E-state index contributed by atoms with van der Waals surface area (Å²) in [5.41, 5.74) is 5.86. The van der Waals surface area contributed by atoms with Gasteiger partial charge in [0.15, 0.2) is 11.4 Å². The van der Waals surface area contributed by atoms with Crippen LogP contribution in [0.15, 0.2) is 42.9 Å². The first-order chi connectivity index (χ1) is 16.7. The molecular formula is C26H33N7O2. The van der Waals surface area contributed by atoms with E-state index < -0.39 is 5.54 Å². The van der Waals surface area contributed by atoms with Crippen molar-refractivity contribution in [1.29, 1.82) is 0 Å². The molecule has 9 nitrogen and oxygen atoms in total. The van der Waals surface area contributed by atoms with Crippen LogP contribution in [-0.2, 0) is 4.79 Å². The number of fused-ring (bicyclic) bond motifs is 1. The molecule has 0 aliphatic heterocycles. The van der Waals surface area contributed by atoms with Crippen LogP contribution in [0.3, 0.4) is 0 Å². The third-order valence-corrected chi connectivity index (χ3v) is 7.00. The van der Waals surface area contributed by atoms with Crippen LogP contribution in [-0.4, -0.2) is 57.4 Å². The quantitative estimate of drug-likeness (QED) is 0.358. The lowest BCUT2D eigenvalue weighted by Gasteiger charge is -2.34. The number of rotatable bonds is 8. The minimum atomic E-state index is -0.723. The largest absolute Gasteiger partial charge is 0.493 e. The van der Waals surface area contributed by atoms with Gasteiger partial charge in [-0.05, 0) is 37.1 Å². The van der Waals surface area contributed by atoms with Crippen molar-refractivity contribution in [2.24, 2.45) is 0 Å². The molecule has 9 heteroatoms. The van der Waals surface area contributed by atoms with E-state index in [1.807, 2.05) is 26.2 Å². The molecule has 0 spiro atoms. The third kappa shape index (κ3) is 4.16. The SMILES string of the molecule is CNC(=O)C(C)(NC)[C@@H](C)c1ccc(-c2[nH]nc(-c3cc(OC)c4ncnn4c3)c2C(C)C)cc1. The number of nitrogens with zero attached hydrogens (tertiary/aromatic N) is 4. The molecule has 4 aromatic rings. The van der Waals surface area contributed by atoms with E-state index >= 15 is 0 Å². The zero-order valence-corrected chi connectivity index (χ0v) is 21.3. The first-order valence-corrected chi connectivity index (χ1v) is 11.7. The smallest absolute Gasteiger partial charge is 0.240 e. The van der Waals surface area contributed by atoms with E-state index in [-0.39, 0.29) is 17.7 Å². The van der Waals surface area contributed by atoms with E-state index in [1.54, 1.807) is 18.7 Å². The Hall–Kier alpha value is -3.72. The van der Waals surface area contributed by atoms with Crippen molar-refractivity contribution in [1.82, 2.24) is 35.4 Å². The summed E-state index contributed by atoms with van der Waals surface area (Å²) < 4.78 is 7.24. The van der Waals surface area contributed by atoms with Gasteiger partial charge in [-0.1, -0.05) is 45.0 Å². The van der Waals surface area contributed by atoms with Gasteiger partial charge >= 0.3 is 0 Å². The summed E-state index contributed by atoms with van der Waals surface area (Å²) in [5.74, 6) is 0.777. The van der Waals surface area contributed by atoms with Crippen LogP contribution in [0.25, 0.3) is 28.2 Å². The standard InChI is InChI=1S/C26H33N7O2/c1-15(2)21-22(18-10-8-17(9-11-18)16(3)26(4,28-6)25(34)27-5)31-32-23(21)19-12-20(35-7)24-29-14-30-33(24)13-19/h8-16,28H,1-7H3,(H,27,34)(H,31,32)/t16-,26?/m0/s1. The number of pyridine rings is 1. The minimum absolute atomic E-state index is 0.0368. The molecule has 0 saturated heterocycles. The molecule has 3 aromatic heterocycles. The average molecular weight is 476 g/mol. The van der Waals surface area contributed by atoms with Crippen molar-refractivity contribution < 1.29 is 9.53 Å². The second-order valence-electron chi connectivity index (χ2n) is 9.22. The highest BCUT2D eigenvalue weighted by Gasteiger charge is 2.37. The third-order valence-electron chi connectivity index (χ3n) is 7.00. The van der Waals surface area contributed by atoms with Gasteiger partial charge in [-0.2, -0.15) is 10.2 Å². The fourth-order valence-corrected chi connectivity index (χ4v) is 4.59. The number of hydrogen-bond acceptors (Lipinski definition) is 6. The molecule has 0 aliphatic carbocycles. The molecule has 184 valence electrons. The Balaban J connectivity index is 1.74. The maximum atomic E-state index is 12.5. The summed E-state index contributed by atoms with van der Waals surface area (Å²) in [5, 5.41) is 18.2. The molecule has 0 aliphatic rings. The van der Waals surface area contributed by atoms with Gasteiger partial charge in [0.2, 0.25) is 5.91 Å². The number of aromatic nitrogens is 5. The predicted molar refractivity (Wildman–Crippen MR) is 137 cm³/mol. The highest BCUT2D eigenvalue weighted by Crippen LogP contribution is 2.38. The van der Waals surface area contributed by atoms with E-state index in [2.05, 4.69) is 76.0 Å². The zero-order chi connectivity index (χ0) is 25.3. The first-order valence-electron chi connectivity index (χ1n) is 11.7. The van der Waals surface area contributed by atoms with Crippen LogP contribution in [0, 0.1) is 0 Å². The number of amides is 1. The van der Waals surface area contributed by atoms with Gasteiger partial charge in [-0.15, -0.1) is 0 Å². The summed E-state index contributed by atoms with van der Waals surface area (Å²) in [6.45, 7) is 8.29. The molecule has 3 N–H and O–H groups in total. The molecule has 0 fully saturated rings. The van der Waals surface area contributed by atoms with Crippen LogP contribution in [0.4, 0.5) is 0 Å². The first kappa shape index (κ1) is 24.4. The van der Waals surface area contributed by atoms with Crippen molar-refractivity contribution in [2.45, 2.75) is 45.1 Å². The number of methoxy groups -OCH3 is 1. The molecular weight excluding hydrogens is 442 g/mol. The van der Waals surface area contributed by atoms with Crippen LogP contribution >= 0.6 is 0 Å². The summed E-state index contributed by atoms with van der Waals surface area (Å²) >= 11 is 0. The Kier molecular flexibility index (Phi) is 6.62. The van der Waals surface area contributed by atoms with Crippen LogP contribution < -0.4 is 15.4 Å². The Bertz CT molecular complexity index is 1340. The van der Waals surface area contributed by atoms with Crippen molar-refractivity contribution in [2.75, 3.05) is 21.2 Å². The van der Waals surface area contributed by atoms with Crippen molar-refractivity contribution in [3.8, 4) is 28.3 Å². The lowest BCUT2D eigenvalue weighted by atomic mass is 9.80. The molecule has 3 heterocycles. The van der Waals surface area contributed by atoms with Crippen LogP contribution in [0.5, 0.6) is 5.75 Å². The fourth-order valence-electron chi connectivity index (χ4n) is 4.59.